The molecule has 1 saturated heterocycles. The maximum atomic E-state index is 11.1. The van der Waals surface area contributed by atoms with Crippen LogP contribution in [0.3, 0.4) is 0 Å². The maximum absolute atomic E-state index is 11.1. The Morgan fingerprint density at radius 1 is 1.17 bits per heavy atom. The summed E-state index contributed by atoms with van der Waals surface area (Å²) in [5.74, 6) is -0.420. The van der Waals surface area contributed by atoms with E-state index in [4.69, 9.17) is 14.2 Å². The average molecular weight is 323 g/mol. The molecule has 6 heteroatoms. The van der Waals surface area contributed by atoms with Crippen molar-refractivity contribution in [2.75, 3.05) is 6.61 Å². The van der Waals surface area contributed by atoms with Gasteiger partial charge in [-0.3, -0.25) is 9.59 Å². The molecule has 0 aromatic heterocycles. The van der Waals surface area contributed by atoms with E-state index in [9.17, 15) is 9.59 Å². The molecule has 18 heavy (non-hydrogen) atoms. The van der Waals surface area contributed by atoms with E-state index in [1.807, 2.05) is 13.8 Å². The first kappa shape index (κ1) is 15.4. The molecule has 0 aromatic carbocycles. The molecule has 0 radical (unpaired) electrons. The highest BCUT2D eigenvalue weighted by atomic mass is 79.9. The van der Waals surface area contributed by atoms with Gasteiger partial charge in [0.15, 0.2) is 0 Å². The van der Waals surface area contributed by atoms with Crippen LogP contribution in [0.2, 0.25) is 0 Å². The molecular formula is C12H19BrO5. The summed E-state index contributed by atoms with van der Waals surface area (Å²) < 4.78 is 15.9. The minimum atomic E-state index is -0.437. The van der Waals surface area contributed by atoms with Crippen LogP contribution in [-0.4, -0.2) is 35.8 Å². The van der Waals surface area contributed by atoms with Crippen LogP contribution in [0.15, 0.2) is 0 Å². The van der Waals surface area contributed by atoms with Gasteiger partial charge in [-0.1, -0.05) is 29.8 Å². The van der Waals surface area contributed by atoms with Gasteiger partial charge in [0.1, 0.15) is 23.8 Å². The Balaban J connectivity index is 2.75. The standard InChI is InChI=1S/C12H19BrO5/c1-6-7(2)12(13)18-10(5-16-8(3)14)11(6)17-9(4)15/h6-7,10-12H,5H2,1-4H3/t6-,7-,10-,11-,12?/m1/s1. The van der Waals surface area contributed by atoms with Crippen molar-refractivity contribution in [2.24, 2.45) is 11.8 Å². The van der Waals surface area contributed by atoms with Crippen LogP contribution in [0.25, 0.3) is 0 Å². The summed E-state index contributed by atoms with van der Waals surface area (Å²) in [6.07, 6.45) is -0.834. The Labute approximate surface area is 115 Å². The fourth-order valence-corrected chi connectivity index (χ4v) is 2.71. The average Bonchev–Trinajstić information content (AvgIpc) is 2.27. The van der Waals surface area contributed by atoms with Gasteiger partial charge in [0, 0.05) is 19.8 Å². The van der Waals surface area contributed by atoms with E-state index in [2.05, 4.69) is 15.9 Å². The Kier molecular flexibility index (Phi) is 5.59. The highest BCUT2D eigenvalue weighted by molar-refractivity contribution is 9.09. The second-order valence-electron chi connectivity index (χ2n) is 4.62. The van der Waals surface area contributed by atoms with Crippen LogP contribution >= 0.6 is 15.9 Å². The van der Waals surface area contributed by atoms with E-state index in [0.717, 1.165) is 0 Å². The Morgan fingerprint density at radius 3 is 2.28 bits per heavy atom. The van der Waals surface area contributed by atoms with Crippen molar-refractivity contribution >= 4 is 27.9 Å². The molecule has 1 rings (SSSR count). The van der Waals surface area contributed by atoms with Gasteiger partial charge in [0.25, 0.3) is 0 Å². The van der Waals surface area contributed by atoms with Crippen LogP contribution in [0.1, 0.15) is 27.7 Å². The zero-order valence-corrected chi connectivity index (χ0v) is 12.6. The van der Waals surface area contributed by atoms with E-state index in [1.165, 1.54) is 13.8 Å². The zero-order chi connectivity index (χ0) is 13.9. The summed E-state index contributed by atoms with van der Waals surface area (Å²) in [5, 5.41) is -0.139. The minimum Gasteiger partial charge on any atom is -0.463 e. The summed E-state index contributed by atoms with van der Waals surface area (Å²) in [6.45, 7) is 6.80. The molecule has 0 amide bonds. The lowest BCUT2D eigenvalue weighted by Gasteiger charge is -2.41. The first-order valence-corrected chi connectivity index (χ1v) is 6.84. The Bertz CT molecular complexity index is 320. The van der Waals surface area contributed by atoms with Crippen LogP contribution in [0.5, 0.6) is 0 Å². The lowest BCUT2D eigenvalue weighted by atomic mass is 9.86. The molecule has 1 unspecified atom stereocenters. The van der Waals surface area contributed by atoms with Crippen molar-refractivity contribution in [3.05, 3.63) is 0 Å². The number of esters is 2. The molecule has 0 spiro atoms. The third-order valence-corrected chi connectivity index (χ3v) is 4.23. The van der Waals surface area contributed by atoms with E-state index in [0.29, 0.717) is 0 Å². The van der Waals surface area contributed by atoms with E-state index in [1.54, 1.807) is 0 Å². The van der Waals surface area contributed by atoms with Crippen LogP contribution in [0, 0.1) is 11.8 Å². The van der Waals surface area contributed by atoms with E-state index >= 15 is 0 Å². The molecule has 0 bridgehead atoms. The second kappa shape index (κ2) is 6.52. The lowest BCUT2D eigenvalue weighted by Crippen LogP contribution is -2.51. The summed E-state index contributed by atoms with van der Waals surface area (Å²) in [6, 6.07) is 0. The largest absolute Gasteiger partial charge is 0.463 e. The number of ether oxygens (including phenoxy) is 3. The van der Waals surface area contributed by atoms with Crippen molar-refractivity contribution in [3.8, 4) is 0 Å². The van der Waals surface area contributed by atoms with E-state index in [-0.39, 0.29) is 35.4 Å². The van der Waals surface area contributed by atoms with Crippen molar-refractivity contribution in [3.63, 3.8) is 0 Å². The smallest absolute Gasteiger partial charge is 0.303 e. The predicted octanol–water partition coefficient (Wildman–Crippen LogP) is 1.87. The molecule has 0 saturated carbocycles. The first-order valence-electron chi connectivity index (χ1n) is 5.93. The number of halogens is 1. The zero-order valence-electron chi connectivity index (χ0n) is 11.0. The van der Waals surface area contributed by atoms with Gasteiger partial charge in [0.05, 0.1) is 0 Å². The normalized spacial score (nSPS) is 35.9. The number of rotatable bonds is 3. The van der Waals surface area contributed by atoms with Crippen molar-refractivity contribution < 1.29 is 23.8 Å². The summed E-state index contributed by atoms with van der Waals surface area (Å²) >= 11 is 3.43. The van der Waals surface area contributed by atoms with E-state index < -0.39 is 12.2 Å². The molecule has 104 valence electrons. The number of carbonyl (C=O) groups excluding carboxylic acids is 2. The number of alkyl halides is 1. The molecule has 0 aliphatic carbocycles. The van der Waals surface area contributed by atoms with Crippen molar-refractivity contribution in [1.29, 1.82) is 0 Å². The molecule has 0 aromatic rings. The minimum absolute atomic E-state index is 0.0897. The van der Waals surface area contributed by atoms with Gasteiger partial charge in [-0.2, -0.15) is 0 Å². The van der Waals surface area contributed by atoms with Gasteiger partial charge < -0.3 is 14.2 Å². The first-order chi connectivity index (χ1) is 8.32. The summed E-state index contributed by atoms with van der Waals surface area (Å²) in [7, 11) is 0. The van der Waals surface area contributed by atoms with Crippen molar-refractivity contribution in [2.45, 2.75) is 44.9 Å². The second-order valence-corrected chi connectivity index (χ2v) is 5.52. The predicted molar refractivity (Wildman–Crippen MR) is 68.1 cm³/mol. The summed E-state index contributed by atoms with van der Waals surface area (Å²) in [4.78, 5) is 22.0. The molecule has 1 fully saturated rings. The molecule has 1 aliphatic heterocycles. The number of hydrogen-bond donors (Lipinski definition) is 0. The maximum Gasteiger partial charge on any atom is 0.303 e. The third-order valence-electron chi connectivity index (χ3n) is 3.19. The molecule has 0 N–H and O–H groups in total. The highest BCUT2D eigenvalue weighted by Gasteiger charge is 2.42. The SMILES string of the molecule is CC(=O)OC[C@H]1OC(Br)[C@H](C)[C@@H](C)[C@H]1OC(C)=O. The van der Waals surface area contributed by atoms with Crippen LogP contribution in [0.4, 0.5) is 0 Å². The quantitative estimate of drug-likeness (QED) is 0.586. The van der Waals surface area contributed by atoms with Gasteiger partial charge in [-0.05, 0) is 5.92 Å². The van der Waals surface area contributed by atoms with Crippen molar-refractivity contribution in [1.82, 2.24) is 0 Å². The van der Waals surface area contributed by atoms with Gasteiger partial charge in [-0.15, -0.1) is 0 Å². The fourth-order valence-electron chi connectivity index (χ4n) is 1.95. The molecule has 5 atom stereocenters. The molecular weight excluding hydrogens is 304 g/mol. The Hall–Kier alpha value is -0.620. The van der Waals surface area contributed by atoms with Gasteiger partial charge in [-0.25, -0.2) is 0 Å². The van der Waals surface area contributed by atoms with Gasteiger partial charge in [0.2, 0.25) is 0 Å². The fraction of sp³-hybridized carbons (Fsp3) is 0.833. The summed E-state index contributed by atoms with van der Waals surface area (Å²) in [5.41, 5.74) is 0. The Morgan fingerprint density at radius 2 is 1.78 bits per heavy atom. The van der Waals surface area contributed by atoms with Gasteiger partial charge >= 0.3 is 11.9 Å². The van der Waals surface area contributed by atoms with Crippen LogP contribution < -0.4 is 0 Å². The number of carbonyl (C=O) groups is 2. The monoisotopic (exact) mass is 322 g/mol. The third kappa shape index (κ3) is 3.95. The highest BCUT2D eigenvalue weighted by Crippen LogP contribution is 2.35. The lowest BCUT2D eigenvalue weighted by molar-refractivity contribution is -0.190. The molecule has 5 nitrogen and oxygen atoms in total. The topological polar surface area (TPSA) is 61.8 Å². The molecule has 1 aliphatic rings. The number of hydrogen-bond acceptors (Lipinski definition) is 5. The van der Waals surface area contributed by atoms with Crippen LogP contribution in [-0.2, 0) is 23.8 Å². The molecule has 1 heterocycles.